The topological polar surface area (TPSA) is 55.9 Å². The minimum absolute atomic E-state index is 0.0963. The SMILES string of the molecule is CCc1cc(CNC(C)c2ncc(C)o2)n(CC)n1. The molecule has 1 unspecified atom stereocenters. The zero-order valence-electron chi connectivity index (χ0n) is 12.1. The van der Waals surface area contributed by atoms with Gasteiger partial charge in [-0.15, -0.1) is 0 Å². The maximum absolute atomic E-state index is 5.52. The number of oxazole rings is 1. The fourth-order valence-electron chi connectivity index (χ4n) is 2.02. The van der Waals surface area contributed by atoms with Gasteiger partial charge in [0.05, 0.1) is 23.6 Å². The van der Waals surface area contributed by atoms with Gasteiger partial charge in [-0.25, -0.2) is 4.98 Å². The van der Waals surface area contributed by atoms with E-state index < -0.39 is 0 Å². The van der Waals surface area contributed by atoms with Crippen molar-refractivity contribution in [3.63, 3.8) is 0 Å². The Bertz CT molecular complexity index is 529. The highest BCUT2D eigenvalue weighted by Crippen LogP contribution is 2.13. The largest absolute Gasteiger partial charge is 0.444 e. The number of hydrogen-bond acceptors (Lipinski definition) is 4. The Labute approximate surface area is 114 Å². The van der Waals surface area contributed by atoms with E-state index in [1.807, 2.05) is 11.6 Å². The van der Waals surface area contributed by atoms with Crippen molar-refractivity contribution in [2.24, 2.45) is 0 Å². The number of nitrogens with one attached hydrogen (secondary N) is 1. The average Bonchev–Trinajstić information content (AvgIpc) is 3.01. The summed E-state index contributed by atoms with van der Waals surface area (Å²) in [4.78, 5) is 4.24. The highest BCUT2D eigenvalue weighted by atomic mass is 16.4. The fourth-order valence-corrected chi connectivity index (χ4v) is 2.02. The van der Waals surface area contributed by atoms with Crippen LogP contribution in [0.4, 0.5) is 0 Å². The van der Waals surface area contributed by atoms with Crippen molar-refractivity contribution in [1.29, 1.82) is 0 Å². The molecular weight excluding hydrogens is 240 g/mol. The highest BCUT2D eigenvalue weighted by Gasteiger charge is 2.12. The molecule has 2 heterocycles. The monoisotopic (exact) mass is 262 g/mol. The lowest BCUT2D eigenvalue weighted by Crippen LogP contribution is -2.20. The first-order chi connectivity index (χ1) is 9.13. The molecule has 0 aliphatic heterocycles. The second-order valence-electron chi connectivity index (χ2n) is 4.71. The highest BCUT2D eigenvalue weighted by molar-refractivity contribution is 5.10. The fraction of sp³-hybridized carbons (Fsp3) is 0.571. The van der Waals surface area contributed by atoms with Crippen molar-refractivity contribution in [1.82, 2.24) is 20.1 Å². The molecule has 0 aliphatic carbocycles. The van der Waals surface area contributed by atoms with Crippen LogP contribution in [-0.4, -0.2) is 14.8 Å². The van der Waals surface area contributed by atoms with Gasteiger partial charge >= 0.3 is 0 Å². The predicted molar refractivity (Wildman–Crippen MR) is 73.8 cm³/mol. The van der Waals surface area contributed by atoms with Crippen LogP contribution >= 0.6 is 0 Å². The molecule has 2 aromatic rings. The van der Waals surface area contributed by atoms with Crippen molar-refractivity contribution in [3.05, 3.63) is 35.3 Å². The standard InChI is InChI=1S/C14H22N4O/c1-5-12-7-13(18(6-2)17-12)9-15-11(4)14-16-8-10(3)19-14/h7-8,11,15H,5-6,9H2,1-4H3. The summed E-state index contributed by atoms with van der Waals surface area (Å²) in [6.45, 7) is 9.85. The molecule has 0 aromatic carbocycles. The maximum Gasteiger partial charge on any atom is 0.211 e. The first-order valence-electron chi connectivity index (χ1n) is 6.85. The summed E-state index contributed by atoms with van der Waals surface area (Å²) in [6, 6.07) is 2.25. The Morgan fingerprint density at radius 1 is 1.42 bits per heavy atom. The number of nitrogens with zero attached hydrogens (tertiary/aromatic N) is 3. The molecule has 1 atom stereocenters. The van der Waals surface area contributed by atoms with Crippen molar-refractivity contribution in [2.45, 2.75) is 53.2 Å². The van der Waals surface area contributed by atoms with Gasteiger partial charge < -0.3 is 9.73 Å². The summed E-state index contributed by atoms with van der Waals surface area (Å²) in [7, 11) is 0. The smallest absolute Gasteiger partial charge is 0.211 e. The van der Waals surface area contributed by atoms with Gasteiger partial charge in [0.15, 0.2) is 0 Å². The number of rotatable bonds is 6. The van der Waals surface area contributed by atoms with Crippen molar-refractivity contribution >= 4 is 0 Å². The van der Waals surface area contributed by atoms with E-state index in [2.05, 4.69) is 42.2 Å². The van der Waals surface area contributed by atoms with Gasteiger partial charge in [-0.1, -0.05) is 6.92 Å². The van der Waals surface area contributed by atoms with Crippen molar-refractivity contribution in [3.8, 4) is 0 Å². The van der Waals surface area contributed by atoms with E-state index in [1.165, 1.54) is 5.69 Å². The molecule has 0 radical (unpaired) electrons. The van der Waals surface area contributed by atoms with Crippen LogP contribution in [0.25, 0.3) is 0 Å². The van der Waals surface area contributed by atoms with E-state index >= 15 is 0 Å². The molecule has 5 nitrogen and oxygen atoms in total. The first-order valence-corrected chi connectivity index (χ1v) is 6.85. The minimum Gasteiger partial charge on any atom is -0.444 e. The molecular formula is C14H22N4O. The van der Waals surface area contributed by atoms with Crippen LogP contribution < -0.4 is 5.32 Å². The molecule has 0 bridgehead atoms. The Balaban J connectivity index is 2.00. The van der Waals surface area contributed by atoms with Crippen LogP contribution in [0.1, 0.15) is 49.9 Å². The second kappa shape index (κ2) is 6.02. The summed E-state index contributed by atoms with van der Waals surface area (Å²) in [5.41, 5.74) is 2.34. The Morgan fingerprint density at radius 2 is 2.21 bits per heavy atom. The molecule has 5 heteroatoms. The van der Waals surface area contributed by atoms with E-state index in [9.17, 15) is 0 Å². The van der Waals surface area contributed by atoms with E-state index in [0.717, 1.165) is 36.9 Å². The molecule has 1 N–H and O–H groups in total. The third-order valence-electron chi connectivity index (χ3n) is 3.17. The quantitative estimate of drug-likeness (QED) is 0.869. The molecule has 0 spiro atoms. The van der Waals surface area contributed by atoms with Gasteiger partial charge in [0, 0.05) is 13.1 Å². The number of aryl methyl sites for hydroxylation is 3. The zero-order valence-corrected chi connectivity index (χ0v) is 12.1. The Morgan fingerprint density at radius 3 is 2.79 bits per heavy atom. The third kappa shape index (κ3) is 3.23. The maximum atomic E-state index is 5.52. The third-order valence-corrected chi connectivity index (χ3v) is 3.17. The van der Waals surface area contributed by atoms with Gasteiger partial charge in [-0.2, -0.15) is 5.10 Å². The molecule has 104 valence electrons. The molecule has 19 heavy (non-hydrogen) atoms. The summed E-state index contributed by atoms with van der Waals surface area (Å²) in [5.74, 6) is 1.58. The van der Waals surface area contributed by atoms with Crippen LogP contribution in [0.15, 0.2) is 16.7 Å². The second-order valence-corrected chi connectivity index (χ2v) is 4.71. The first kappa shape index (κ1) is 13.8. The van der Waals surface area contributed by atoms with Crippen molar-refractivity contribution < 1.29 is 4.42 Å². The van der Waals surface area contributed by atoms with Crippen LogP contribution in [0.3, 0.4) is 0 Å². The average molecular weight is 262 g/mol. The normalized spacial score (nSPS) is 12.8. The lowest BCUT2D eigenvalue weighted by molar-refractivity contribution is 0.398. The Kier molecular flexibility index (Phi) is 4.37. The van der Waals surface area contributed by atoms with Crippen LogP contribution in [0, 0.1) is 6.92 Å². The molecule has 0 fully saturated rings. The summed E-state index contributed by atoms with van der Waals surface area (Å²) < 4.78 is 7.56. The van der Waals surface area contributed by atoms with Crippen LogP contribution in [-0.2, 0) is 19.5 Å². The predicted octanol–water partition coefficient (Wildman–Crippen LogP) is 2.61. The van der Waals surface area contributed by atoms with Gasteiger partial charge in [0.2, 0.25) is 5.89 Å². The summed E-state index contributed by atoms with van der Waals surface area (Å²) in [5, 5.41) is 7.96. The van der Waals surface area contributed by atoms with E-state index in [-0.39, 0.29) is 6.04 Å². The number of aromatic nitrogens is 3. The van der Waals surface area contributed by atoms with E-state index in [4.69, 9.17) is 4.42 Å². The minimum atomic E-state index is 0.0963. The molecule has 0 aliphatic rings. The van der Waals surface area contributed by atoms with Crippen LogP contribution in [0.5, 0.6) is 0 Å². The summed E-state index contributed by atoms with van der Waals surface area (Å²) in [6.07, 6.45) is 2.72. The molecule has 0 amide bonds. The molecule has 0 saturated heterocycles. The zero-order chi connectivity index (χ0) is 13.8. The van der Waals surface area contributed by atoms with Crippen LogP contribution in [0.2, 0.25) is 0 Å². The van der Waals surface area contributed by atoms with Gasteiger partial charge in [-0.3, -0.25) is 4.68 Å². The summed E-state index contributed by atoms with van der Waals surface area (Å²) >= 11 is 0. The van der Waals surface area contributed by atoms with Gasteiger partial charge in [0.1, 0.15) is 5.76 Å². The molecule has 2 rings (SSSR count). The van der Waals surface area contributed by atoms with E-state index in [0.29, 0.717) is 0 Å². The van der Waals surface area contributed by atoms with Crippen molar-refractivity contribution in [2.75, 3.05) is 0 Å². The Hall–Kier alpha value is -1.62. The number of hydrogen-bond donors (Lipinski definition) is 1. The lowest BCUT2D eigenvalue weighted by atomic mass is 10.3. The molecule has 2 aromatic heterocycles. The van der Waals surface area contributed by atoms with E-state index in [1.54, 1.807) is 6.20 Å². The molecule has 0 saturated carbocycles. The van der Waals surface area contributed by atoms with Gasteiger partial charge in [-0.05, 0) is 33.3 Å². The van der Waals surface area contributed by atoms with Gasteiger partial charge in [0.25, 0.3) is 0 Å². The lowest BCUT2D eigenvalue weighted by Gasteiger charge is -2.11.